The van der Waals surface area contributed by atoms with Crippen LogP contribution in [-0.4, -0.2) is 6.54 Å². The first-order chi connectivity index (χ1) is 24.2. The lowest BCUT2D eigenvalue weighted by Crippen LogP contribution is -2.28. The number of nitriles is 1. The predicted molar refractivity (Wildman–Crippen MR) is 202 cm³/mol. The second-order valence-corrected chi connectivity index (χ2v) is 14.0. The molecule has 3 heteroatoms. The van der Waals surface area contributed by atoms with Crippen molar-refractivity contribution < 1.29 is 0 Å². The lowest BCUT2D eigenvalue weighted by atomic mass is 9.84. The fraction of sp³-hybridized carbons (Fsp3) is 0.109. The molecule has 8 aromatic rings. The van der Waals surface area contributed by atoms with Crippen LogP contribution in [0, 0.1) is 11.3 Å². The molecule has 1 heterocycles. The summed E-state index contributed by atoms with van der Waals surface area (Å²) in [5.41, 5.74) is 16.2. The van der Waals surface area contributed by atoms with E-state index in [2.05, 4.69) is 125 Å². The second-order valence-electron chi connectivity index (χ2n) is 14.0. The van der Waals surface area contributed by atoms with E-state index in [1.54, 1.807) is 0 Å². The number of hydrogen-bond donors (Lipinski definition) is 0. The van der Waals surface area contributed by atoms with Crippen molar-refractivity contribution in [2.45, 2.75) is 25.7 Å². The first kappa shape index (κ1) is 26.9. The SMILES string of the molecule is N#Cc1ccccc1N(c1cc2cc(c1)C2)c1ccc2ccc3c(-c4ccc(N5CCCc6cc7cc(c65)C7)cc4)ccc4ccc1c2c43. The van der Waals surface area contributed by atoms with E-state index in [0.717, 1.165) is 36.4 Å². The van der Waals surface area contributed by atoms with Gasteiger partial charge in [-0.15, -0.1) is 0 Å². The summed E-state index contributed by atoms with van der Waals surface area (Å²) in [5, 5.41) is 17.7. The highest BCUT2D eigenvalue weighted by Gasteiger charge is 2.27. The van der Waals surface area contributed by atoms with Crippen LogP contribution in [0.15, 0.2) is 127 Å². The van der Waals surface area contributed by atoms with Gasteiger partial charge in [-0.1, -0.05) is 84.9 Å². The van der Waals surface area contributed by atoms with E-state index in [4.69, 9.17) is 0 Å². The summed E-state index contributed by atoms with van der Waals surface area (Å²) < 4.78 is 0. The standard InChI is InChI=1S/C46H31N3/c47-27-35-4-1-2-6-42(35)49(38-25-28-20-29(21-28)26-38)43-18-12-33-10-16-40-39(15-9-32-11-17-41(43)45(33)44(32)40)31-7-13-37(14-8-31)48-19-3-5-34-22-30-23-36(24-30)46(34)48/h1-2,4,6-18,20,22-23,25-26H,3,5,19,21,24H2. The van der Waals surface area contributed by atoms with Crippen LogP contribution < -0.4 is 9.80 Å². The highest BCUT2D eigenvalue weighted by molar-refractivity contribution is 6.28. The Hall–Kier alpha value is -6.11. The molecule has 0 unspecified atom stereocenters. The number of nitrogens with zero attached hydrogens (tertiary/aromatic N) is 3. The fourth-order valence-corrected chi connectivity index (χ4v) is 8.90. The molecule has 0 saturated carbocycles. The Morgan fingerprint density at radius 2 is 1.29 bits per heavy atom. The normalized spacial score (nSPS) is 14.1. The number of hydrogen-bond acceptors (Lipinski definition) is 3. The van der Waals surface area contributed by atoms with Crippen molar-refractivity contribution in [3.8, 4) is 17.2 Å². The van der Waals surface area contributed by atoms with E-state index in [1.807, 2.05) is 18.2 Å². The van der Waals surface area contributed by atoms with Gasteiger partial charge in [-0.05, 0) is 134 Å². The zero-order valence-corrected chi connectivity index (χ0v) is 27.0. The Bertz CT molecular complexity index is 2690. The molecule has 8 aromatic carbocycles. The quantitative estimate of drug-likeness (QED) is 0.178. The Balaban J connectivity index is 1.07. The maximum atomic E-state index is 10.2. The molecular formula is C46H31N3. The maximum absolute atomic E-state index is 10.2. The van der Waals surface area contributed by atoms with Gasteiger partial charge in [0.05, 0.1) is 16.9 Å². The van der Waals surface area contributed by atoms with Crippen LogP contribution >= 0.6 is 0 Å². The lowest BCUT2D eigenvalue weighted by Gasteiger charge is -2.37. The minimum atomic E-state index is 0.664. The summed E-state index contributed by atoms with van der Waals surface area (Å²) in [4.78, 5) is 4.83. The van der Waals surface area contributed by atoms with Crippen LogP contribution in [0.4, 0.5) is 28.4 Å². The van der Waals surface area contributed by atoms with E-state index in [-0.39, 0.29) is 0 Å². The Labute approximate surface area is 285 Å². The molecule has 4 aliphatic carbocycles. The molecular weight excluding hydrogens is 595 g/mol. The zero-order valence-electron chi connectivity index (χ0n) is 27.0. The third-order valence-corrected chi connectivity index (χ3v) is 11.2. The van der Waals surface area contributed by atoms with Gasteiger partial charge >= 0.3 is 0 Å². The zero-order chi connectivity index (χ0) is 32.2. The molecule has 0 aromatic heterocycles. The molecule has 4 bridgehead atoms. The number of benzene rings is 8. The van der Waals surface area contributed by atoms with E-state index in [0.29, 0.717) is 5.56 Å². The van der Waals surface area contributed by atoms with E-state index in [9.17, 15) is 5.26 Å². The molecule has 49 heavy (non-hydrogen) atoms. The number of rotatable bonds is 5. The van der Waals surface area contributed by atoms with E-state index >= 15 is 0 Å². The summed E-state index contributed by atoms with van der Waals surface area (Å²) in [6, 6.07) is 49.4. The van der Waals surface area contributed by atoms with Gasteiger partial charge in [-0.2, -0.15) is 5.26 Å². The van der Waals surface area contributed by atoms with Crippen LogP contribution in [0.25, 0.3) is 43.4 Å². The molecule has 230 valence electrons. The summed E-state index contributed by atoms with van der Waals surface area (Å²) in [6.45, 7) is 1.07. The molecule has 13 rings (SSSR count). The Morgan fingerprint density at radius 3 is 2.08 bits per heavy atom. The van der Waals surface area contributed by atoms with Crippen molar-refractivity contribution in [1.29, 1.82) is 5.26 Å². The molecule has 5 aliphatic rings. The molecule has 0 fully saturated rings. The Kier molecular flexibility index (Phi) is 5.46. The van der Waals surface area contributed by atoms with Gasteiger partial charge in [0.25, 0.3) is 0 Å². The minimum absolute atomic E-state index is 0.664. The molecule has 0 N–H and O–H groups in total. The molecule has 0 radical (unpaired) electrons. The van der Waals surface area contributed by atoms with Gasteiger partial charge in [0.1, 0.15) is 6.07 Å². The number of para-hydroxylation sites is 1. The Morgan fingerprint density at radius 1 is 0.612 bits per heavy atom. The van der Waals surface area contributed by atoms with Crippen molar-refractivity contribution in [2.24, 2.45) is 0 Å². The summed E-state index contributed by atoms with van der Waals surface area (Å²) in [6.07, 6.45) is 4.52. The smallest absolute Gasteiger partial charge is 0.101 e. The van der Waals surface area contributed by atoms with Gasteiger partial charge in [0.2, 0.25) is 0 Å². The molecule has 0 saturated heterocycles. The van der Waals surface area contributed by atoms with E-state index in [1.165, 1.54) is 95.5 Å². The average Bonchev–Trinajstić information content (AvgIpc) is 3.13. The molecule has 1 aliphatic heterocycles. The second kappa shape index (κ2) is 9.95. The van der Waals surface area contributed by atoms with Crippen LogP contribution in [0.2, 0.25) is 0 Å². The van der Waals surface area contributed by atoms with Crippen molar-refractivity contribution in [3.63, 3.8) is 0 Å². The van der Waals surface area contributed by atoms with Crippen LogP contribution in [0.1, 0.15) is 39.8 Å². The number of anilines is 5. The molecule has 0 spiro atoms. The number of aryl methyl sites for hydroxylation is 1. The van der Waals surface area contributed by atoms with Crippen LogP contribution in [-0.2, 0) is 19.3 Å². The molecule has 3 nitrogen and oxygen atoms in total. The number of fused-ring (bicyclic) bond motifs is 2. The molecule has 0 atom stereocenters. The first-order valence-corrected chi connectivity index (χ1v) is 17.4. The third-order valence-electron chi connectivity index (χ3n) is 11.2. The highest BCUT2D eigenvalue weighted by Crippen LogP contribution is 2.48. The van der Waals surface area contributed by atoms with Crippen molar-refractivity contribution in [1.82, 2.24) is 0 Å². The third kappa shape index (κ3) is 3.89. The minimum Gasteiger partial charge on any atom is -0.341 e. The largest absolute Gasteiger partial charge is 0.341 e. The monoisotopic (exact) mass is 625 g/mol. The summed E-state index contributed by atoms with van der Waals surface area (Å²) >= 11 is 0. The summed E-state index contributed by atoms with van der Waals surface area (Å²) in [7, 11) is 0. The van der Waals surface area contributed by atoms with Gasteiger partial charge in [0.15, 0.2) is 0 Å². The topological polar surface area (TPSA) is 30.3 Å². The highest BCUT2D eigenvalue weighted by atomic mass is 15.2. The van der Waals surface area contributed by atoms with Gasteiger partial charge < -0.3 is 9.80 Å². The van der Waals surface area contributed by atoms with Gasteiger partial charge in [-0.3, -0.25) is 0 Å². The van der Waals surface area contributed by atoms with E-state index < -0.39 is 0 Å². The molecule has 0 amide bonds. The first-order valence-electron chi connectivity index (χ1n) is 17.4. The lowest BCUT2D eigenvalue weighted by molar-refractivity contribution is 0.753. The van der Waals surface area contributed by atoms with Crippen LogP contribution in [0.3, 0.4) is 0 Å². The van der Waals surface area contributed by atoms with Gasteiger partial charge in [-0.25, -0.2) is 0 Å². The van der Waals surface area contributed by atoms with Crippen molar-refractivity contribution in [2.75, 3.05) is 16.3 Å². The maximum Gasteiger partial charge on any atom is 0.101 e. The average molecular weight is 626 g/mol. The van der Waals surface area contributed by atoms with Crippen molar-refractivity contribution in [3.05, 3.63) is 161 Å². The van der Waals surface area contributed by atoms with Crippen molar-refractivity contribution >= 4 is 60.8 Å². The fourth-order valence-electron chi connectivity index (χ4n) is 8.90. The predicted octanol–water partition coefficient (Wildman–Crippen LogP) is 11.5. The summed E-state index contributed by atoms with van der Waals surface area (Å²) in [5.74, 6) is 0. The van der Waals surface area contributed by atoms with Gasteiger partial charge in [0, 0.05) is 29.0 Å². The van der Waals surface area contributed by atoms with Crippen LogP contribution in [0.5, 0.6) is 0 Å².